The van der Waals surface area contributed by atoms with E-state index in [1.807, 2.05) is 79.4 Å². The minimum absolute atomic E-state index is 0.0264. The second-order valence-corrected chi connectivity index (χ2v) is 9.04. The van der Waals surface area contributed by atoms with Crippen molar-refractivity contribution in [2.24, 2.45) is 0 Å². The molecule has 0 fully saturated rings. The zero-order chi connectivity index (χ0) is 22.2. The molecule has 0 saturated carbocycles. The Bertz CT molecular complexity index is 983. The van der Waals surface area contributed by atoms with Crippen molar-refractivity contribution < 1.29 is 9.59 Å². The summed E-state index contributed by atoms with van der Waals surface area (Å²) in [5.41, 5.74) is 3.23. The van der Waals surface area contributed by atoms with Crippen LogP contribution in [0.1, 0.15) is 35.4 Å². The van der Waals surface area contributed by atoms with E-state index < -0.39 is 0 Å². The minimum atomic E-state index is -0.0535. The summed E-state index contributed by atoms with van der Waals surface area (Å²) in [6, 6.07) is 21.7. The van der Waals surface area contributed by atoms with Gasteiger partial charge in [0, 0.05) is 17.5 Å². The van der Waals surface area contributed by atoms with Crippen LogP contribution in [0.2, 0.25) is 0 Å². The molecule has 0 unspecified atom stereocenters. The first-order valence-corrected chi connectivity index (χ1v) is 11.5. The van der Waals surface area contributed by atoms with E-state index in [4.69, 9.17) is 0 Å². The van der Waals surface area contributed by atoms with E-state index in [2.05, 4.69) is 18.4 Å². The Hall–Kier alpha value is -2.92. The number of carbonyl (C=O) groups excluding carboxylic acids is 2. The Morgan fingerprint density at radius 3 is 2.00 bits per heavy atom. The number of nitrogens with zero attached hydrogens (tertiary/aromatic N) is 2. The number of hydrogen-bond acceptors (Lipinski definition) is 3. The molecule has 31 heavy (non-hydrogen) atoms. The molecule has 0 aliphatic heterocycles. The number of rotatable bonds is 9. The Balaban J connectivity index is 1.76. The van der Waals surface area contributed by atoms with Gasteiger partial charge in [0.15, 0.2) is 0 Å². The molecule has 5 heteroatoms. The zero-order valence-corrected chi connectivity index (χ0v) is 19.3. The lowest BCUT2D eigenvalue weighted by molar-refractivity contribution is -0.142. The highest BCUT2D eigenvalue weighted by molar-refractivity contribution is 7.10. The van der Waals surface area contributed by atoms with Gasteiger partial charge < -0.3 is 9.80 Å². The molecule has 1 aromatic heterocycles. The predicted molar refractivity (Wildman–Crippen MR) is 127 cm³/mol. The van der Waals surface area contributed by atoms with Gasteiger partial charge in [-0.2, -0.15) is 0 Å². The second kappa shape index (κ2) is 10.9. The van der Waals surface area contributed by atoms with E-state index in [0.717, 1.165) is 11.1 Å². The van der Waals surface area contributed by atoms with E-state index in [0.29, 0.717) is 19.5 Å². The second-order valence-electron chi connectivity index (χ2n) is 8.04. The number of thiophene rings is 1. The van der Waals surface area contributed by atoms with Crippen molar-refractivity contribution in [2.75, 3.05) is 6.54 Å². The molecular weight excluding hydrogens is 404 g/mol. The van der Waals surface area contributed by atoms with Crippen LogP contribution in [0.4, 0.5) is 0 Å². The maximum absolute atomic E-state index is 13.4. The Labute approximate surface area is 189 Å². The average Bonchev–Trinajstić information content (AvgIpc) is 3.17. The SMILES string of the molecule is Cc1ccsc1CN(Cc1ccccc1)C(=O)CN(C(=O)Cc1ccccc1)C(C)C. The van der Waals surface area contributed by atoms with Gasteiger partial charge in [-0.1, -0.05) is 60.7 Å². The molecule has 0 saturated heterocycles. The third kappa shape index (κ3) is 6.53. The van der Waals surface area contributed by atoms with Crippen LogP contribution in [0.3, 0.4) is 0 Å². The van der Waals surface area contributed by atoms with E-state index in [1.54, 1.807) is 16.2 Å². The normalized spacial score (nSPS) is 10.8. The standard InChI is InChI=1S/C26H30N2O2S/c1-20(2)28(25(29)16-22-10-6-4-7-11-22)19-26(30)27(17-23-12-8-5-9-13-23)18-24-21(3)14-15-31-24/h4-15,20H,16-19H2,1-3H3. The van der Waals surface area contributed by atoms with Gasteiger partial charge in [0.1, 0.15) is 6.54 Å². The molecule has 0 aliphatic rings. The molecule has 2 aromatic carbocycles. The maximum Gasteiger partial charge on any atom is 0.242 e. The molecule has 0 aliphatic carbocycles. The van der Waals surface area contributed by atoms with Crippen LogP contribution in [-0.4, -0.2) is 34.2 Å². The smallest absolute Gasteiger partial charge is 0.242 e. The molecule has 4 nitrogen and oxygen atoms in total. The fourth-order valence-corrected chi connectivity index (χ4v) is 4.37. The van der Waals surface area contributed by atoms with Crippen molar-refractivity contribution in [3.05, 3.63) is 93.7 Å². The number of carbonyl (C=O) groups is 2. The third-order valence-corrected chi connectivity index (χ3v) is 6.33. The first-order chi connectivity index (χ1) is 14.9. The summed E-state index contributed by atoms with van der Waals surface area (Å²) in [7, 11) is 0. The van der Waals surface area contributed by atoms with Crippen molar-refractivity contribution >= 4 is 23.2 Å². The molecule has 1 heterocycles. The Morgan fingerprint density at radius 2 is 1.45 bits per heavy atom. The van der Waals surface area contributed by atoms with Crippen LogP contribution < -0.4 is 0 Å². The number of benzene rings is 2. The van der Waals surface area contributed by atoms with Crippen LogP contribution in [0, 0.1) is 6.92 Å². The van der Waals surface area contributed by atoms with Crippen LogP contribution >= 0.6 is 11.3 Å². The van der Waals surface area contributed by atoms with Crippen LogP contribution in [-0.2, 0) is 29.1 Å². The van der Waals surface area contributed by atoms with E-state index in [-0.39, 0.29) is 24.4 Å². The van der Waals surface area contributed by atoms with Gasteiger partial charge in [-0.25, -0.2) is 0 Å². The molecule has 162 valence electrons. The minimum Gasteiger partial charge on any atom is -0.332 e. The van der Waals surface area contributed by atoms with Crippen LogP contribution in [0.25, 0.3) is 0 Å². The summed E-state index contributed by atoms with van der Waals surface area (Å²) < 4.78 is 0. The van der Waals surface area contributed by atoms with Gasteiger partial charge in [-0.3, -0.25) is 9.59 Å². The van der Waals surface area contributed by atoms with Crippen LogP contribution in [0.15, 0.2) is 72.1 Å². The van der Waals surface area contributed by atoms with Crippen molar-refractivity contribution in [2.45, 2.75) is 46.3 Å². The summed E-state index contributed by atoms with van der Waals surface area (Å²) in [4.78, 5) is 31.1. The summed E-state index contributed by atoms with van der Waals surface area (Å²) in [6.45, 7) is 7.15. The van der Waals surface area contributed by atoms with E-state index >= 15 is 0 Å². The summed E-state index contributed by atoms with van der Waals surface area (Å²) in [5, 5.41) is 2.06. The molecular formula is C26H30N2O2S. The lowest BCUT2D eigenvalue weighted by Crippen LogP contribution is -2.46. The molecule has 2 amide bonds. The Kier molecular flexibility index (Phi) is 8.01. The van der Waals surface area contributed by atoms with Gasteiger partial charge in [0.2, 0.25) is 11.8 Å². The van der Waals surface area contributed by atoms with E-state index in [9.17, 15) is 9.59 Å². The molecule has 0 bridgehead atoms. The molecule has 0 N–H and O–H groups in total. The lowest BCUT2D eigenvalue weighted by Gasteiger charge is -2.30. The van der Waals surface area contributed by atoms with Crippen molar-refractivity contribution in [3.8, 4) is 0 Å². The highest BCUT2D eigenvalue weighted by Gasteiger charge is 2.24. The maximum atomic E-state index is 13.4. The van der Waals surface area contributed by atoms with Crippen molar-refractivity contribution in [1.29, 1.82) is 0 Å². The van der Waals surface area contributed by atoms with Gasteiger partial charge in [-0.05, 0) is 48.9 Å². The monoisotopic (exact) mass is 434 g/mol. The Morgan fingerprint density at radius 1 is 0.839 bits per heavy atom. The first kappa shape index (κ1) is 22.8. The van der Waals surface area contributed by atoms with Gasteiger partial charge in [-0.15, -0.1) is 11.3 Å². The first-order valence-electron chi connectivity index (χ1n) is 10.6. The molecule has 0 radical (unpaired) electrons. The van der Waals surface area contributed by atoms with Crippen LogP contribution in [0.5, 0.6) is 0 Å². The van der Waals surface area contributed by atoms with Crippen molar-refractivity contribution in [1.82, 2.24) is 9.80 Å². The summed E-state index contributed by atoms with van der Waals surface area (Å²) in [6.07, 6.45) is 0.301. The molecule has 0 atom stereocenters. The highest BCUT2D eigenvalue weighted by Crippen LogP contribution is 2.20. The average molecular weight is 435 g/mol. The van der Waals surface area contributed by atoms with E-state index in [1.165, 1.54) is 10.4 Å². The lowest BCUT2D eigenvalue weighted by atomic mass is 10.1. The summed E-state index contributed by atoms with van der Waals surface area (Å²) >= 11 is 1.66. The largest absolute Gasteiger partial charge is 0.332 e. The number of aryl methyl sites for hydroxylation is 1. The summed E-state index contributed by atoms with van der Waals surface area (Å²) in [5.74, 6) is -0.0618. The van der Waals surface area contributed by atoms with Crippen molar-refractivity contribution in [3.63, 3.8) is 0 Å². The molecule has 3 aromatic rings. The third-order valence-electron chi connectivity index (χ3n) is 5.32. The highest BCUT2D eigenvalue weighted by atomic mass is 32.1. The molecule has 3 rings (SSSR count). The zero-order valence-electron chi connectivity index (χ0n) is 18.5. The number of hydrogen-bond donors (Lipinski definition) is 0. The quantitative estimate of drug-likeness (QED) is 0.472. The topological polar surface area (TPSA) is 40.6 Å². The fourth-order valence-electron chi connectivity index (χ4n) is 3.45. The fraction of sp³-hybridized carbons (Fsp3) is 0.308. The molecule has 0 spiro atoms. The van der Waals surface area contributed by atoms with Gasteiger partial charge in [0.25, 0.3) is 0 Å². The van der Waals surface area contributed by atoms with Gasteiger partial charge in [0.05, 0.1) is 13.0 Å². The van der Waals surface area contributed by atoms with Gasteiger partial charge >= 0.3 is 0 Å². The predicted octanol–water partition coefficient (Wildman–Crippen LogP) is 5.07. The number of amides is 2.